The normalized spacial score (nSPS) is 12.0. The summed E-state index contributed by atoms with van der Waals surface area (Å²) >= 11 is 0. The van der Waals surface area contributed by atoms with E-state index in [2.05, 4.69) is 0 Å². The average Bonchev–Trinajstić information content (AvgIpc) is 2.73. The molecule has 2 rings (SSSR count). The standard InChI is InChI=1S/C17H19NO3/c1-17(2,3)16(20)21-15(19)10-9-12-11-18(4)14-8-6-5-7-13(12)14/h5-11H,1-4H3/b10-9+. The van der Waals surface area contributed by atoms with E-state index in [9.17, 15) is 9.59 Å². The number of esters is 2. The van der Waals surface area contributed by atoms with Crippen LogP contribution in [-0.2, 0) is 21.4 Å². The first kappa shape index (κ1) is 15.0. The Morgan fingerprint density at radius 1 is 1.19 bits per heavy atom. The molecule has 0 saturated carbocycles. The van der Waals surface area contributed by atoms with Crippen molar-refractivity contribution in [1.29, 1.82) is 0 Å². The molecule has 4 nitrogen and oxygen atoms in total. The average molecular weight is 285 g/mol. The Hall–Kier alpha value is -2.36. The van der Waals surface area contributed by atoms with Crippen LogP contribution in [0.15, 0.2) is 36.5 Å². The lowest BCUT2D eigenvalue weighted by Crippen LogP contribution is -2.25. The Bertz CT molecular complexity index is 717. The summed E-state index contributed by atoms with van der Waals surface area (Å²) < 4.78 is 6.77. The highest BCUT2D eigenvalue weighted by atomic mass is 16.6. The van der Waals surface area contributed by atoms with E-state index < -0.39 is 17.4 Å². The number of ether oxygens (including phenoxy) is 1. The molecule has 0 aliphatic heterocycles. The summed E-state index contributed by atoms with van der Waals surface area (Å²) in [6.45, 7) is 5.12. The number of nitrogens with zero attached hydrogens (tertiary/aromatic N) is 1. The third-order valence-electron chi connectivity index (χ3n) is 3.13. The van der Waals surface area contributed by atoms with Gasteiger partial charge in [-0.1, -0.05) is 18.2 Å². The minimum absolute atomic E-state index is 0.532. The van der Waals surface area contributed by atoms with Crippen LogP contribution in [0.4, 0.5) is 0 Å². The lowest BCUT2D eigenvalue weighted by Gasteiger charge is -2.14. The number of fused-ring (bicyclic) bond motifs is 1. The minimum atomic E-state index is -0.692. The molecule has 2 aromatic rings. The smallest absolute Gasteiger partial charge is 0.338 e. The van der Waals surface area contributed by atoms with Crippen molar-refractivity contribution in [3.8, 4) is 0 Å². The predicted molar refractivity (Wildman–Crippen MR) is 82.5 cm³/mol. The Balaban J connectivity index is 2.17. The number of hydrogen-bond donors (Lipinski definition) is 0. The summed E-state index contributed by atoms with van der Waals surface area (Å²) in [5.74, 6) is -1.18. The maximum Gasteiger partial charge on any atom is 0.338 e. The van der Waals surface area contributed by atoms with Crippen LogP contribution in [0.2, 0.25) is 0 Å². The molecular weight excluding hydrogens is 266 g/mol. The monoisotopic (exact) mass is 285 g/mol. The third kappa shape index (κ3) is 3.40. The number of hydrogen-bond acceptors (Lipinski definition) is 3. The fraction of sp³-hybridized carbons (Fsp3) is 0.294. The molecule has 0 atom stereocenters. The number of rotatable bonds is 2. The van der Waals surface area contributed by atoms with Gasteiger partial charge in [0.05, 0.1) is 5.41 Å². The quantitative estimate of drug-likeness (QED) is 0.483. The maximum atomic E-state index is 11.7. The zero-order valence-electron chi connectivity index (χ0n) is 12.7. The van der Waals surface area contributed by atoms with Gasteiger partial charge in [0, 0.05) is 35.8 Å². The lowest BCUT2D eigenvalue weighted by molar-refractivity contribution is -0.162. The van der Waals surface area contributed by atoms with E-state index in [0.29, 0.717) is 0 Å². The van der Waals surface area contributed by atoms with E-state index in [-0.39, 0.29) is 0 Å². The second kappa shape index (κ2) is 5.56. The number of benzene rings is 1. The topological polar surface area (TPSA) is 48.3 Å². The first-order valence-electron chi connectivity index (χ1n) is 6.77. The Morgan fingerprint density at radius 3 is 2.52 bits per heavy atom. The molecule has 0 saturated heterocycles. The summed E-state index contributed by atoms with van der Waals surface area (Å²) in [5.41, 5.74) is 1.30. The molecule has 21 heavy (non-hydrogen) atoms. The number of carbonyl (C=O) groups is 2. The van der Waals surface area contributed by atoms with Crippen molar-refractivity contribution in [2.45, 2.75) is 20.8 Å². The molecule has 1 aromatic heterocycles. The second-order valence-electron chi connectivity index (χ2n) is 6.00. The van der Waals surface area contributed by atoms with E-state index in [1.807, 2.05) is 42.1 Å². The Morgan fingerprint density at radius 2 is 1.86 bits per heavy atom. The summed E-state index contributed by atoms with van der Waals surface area (Å²) in [7, 11) is 1.95. The van der Waals surface area contributed by atoms with Crippen molar-refractivity contribution in [2.75, 3.05) is 0 Å². The van der Waals surface area contributed by atoms with E-state index in [1.54, 1.807) is 26.8 Å². The molecule has 0 unspecified atom stereocenters. The number of para-hydroxylation sites is 1. The number of carbonyl (C=O) groups excluding carboxylic acids is 2. The van der Waals surface area contributed by atoms with Crippen molar-refractivity contribution in [2.24, 2.45) is 12.5 Å². The Labute approximate surface area is 124 Å². The van der Waals surface area contributed by atoms with Crippen LogP contribution in [0, 0.1) is 5.41 Å². The van der Waals surface area contributed by atoms with Crippen molar-refractivity contribution in [3.63, 3.8) is 0 Å². The lowest BCUT2D eigenvalue weighted by atomic mass is 9.97. The van der Waals surface area contributed by atoms with Crippen molar-refractivity contribution < 1.29 is 14.3 Å². The van der Waals surface area contributed by atoms with Gasteiger partial charge in [-0.05, 0) is 32.9 Å². The van der Waals surface area contributed by atoms with Gasteiger partial charge in [-0.2, -0.15) is 0 Å². The molecule has 0 bridgehead atoms. The first-order chi connectivity index (χ1) is 9.79. The van der Waals surface area contributed by atoms with Crippen LogP contribution in [0.1, 0.15) is 26.3 Å². The van der Waals surface area contributed by atoms with Crippen LogP contribution in [0.5, 0.6) is 0 Å². The van der Waals surface area contributed by atoms with Gasteiger partial charge >= 0.3 is 11.9 Å². The van der Waals surface area contributed by atoms with Crippen molar-refractivity contribution in [3.05, 3.63) is 42.1 Å². The summed E-state index contributed by atoms with van der Waals surface area (Å²) in [6, 6.07) is 7.90. The van der Waals surface area contributed by atoms with Crippen molar-refractivity contribution >= 4 is 28.9 Å². The van der Waals surface area contributed by atoms with E-state index in [4.69, 9.17) is 4.74 Å². The van der Waals surface area contributed by atoms with Crippen LogP contribution in [0.25, 0.3) is 17.0 Å². The van der Waals surface area contributed by atoms with Gasteiger partial charge in [0.2, 0.25) is 0 Å². The van der Waals surface area contributed by atoms with Gasteiger partial charge < -0.3 is 9.30 Å². The van der Waals surface area contributed by atoms with Gasteiger partial charge in [-0.3, -0.25) is 4.79 Å². The summed E-state index contributed by atoms with van der Waals surface area (Å²) in [6.07, 6.45) is 4.88. The van der Waals surface area contributed by atoms with Gasteiger partial charge in [-0.25, -0.2) is 4.79 Å². The molecule has 1 aromatic carbocycles. The van der Waals surface area contributed by atoms with Gasteiger partial charge in [0.1, 0.15) is 0 Å². The largest absolute Gasteiger partial charge is 0.389 e. The van der Waals surface area contributed by atoms with Crippen molar-refractivity contribution in [1.82, 2.24) is 4.57 Å². The predicted octanol–water partition coefficient (Wildman–Crippen LogP) is 3.31. The zero-order valence-corrected chi connectivity index (χ0v) is 12.7. The molecule has 4 heteroatoms. The second-order valence-corrected chi connectivity index (χ2v) is 6.00. The third-order valence-corrected chi connectivity index (χ3v) is 3.13. The van der Waals surface area contributed by atoms with Gasteiger partial charge in [0.15, 0.2) is 0 Å². The fourth-order valence-electron chi connectivity index (χ4n) is 1.94. The number of aryl methyl sites for hydroxylation is 1. The molecule has 0 radical (unpaired) electrons. The minimum Gasteiger partial charge on any atom is -0.389 e. The molecule has 1 heterocycles. The molecule has 0 spiro atoms. The number of aromatic nitrogens is 1. The highest BCUT2D eigenvalue weighted by Crippen LogP contribution is 2.21. The summed E-state index contributed by atoms with van der Waals surface area (Å²) in [5, 5.41) is 1.05. The van der Waals surface area contributed by atoms with Gasteiger partial charge in [-0.15, -0.1) is 0 Å². The zero-order chi connectivity index (χ0) is 15.6. The van der Waals surface area contributed by atoms with E-state index >= 15 is 0 Å². The highest BCUT2D eigenvalue weighted by Gasteiger charge is 2.24. The molecule has 110 valence electrons. The molecular formula is C17H19NO3. The maximum absolute atomic E-state index is 11.7. The molecule has 0 fully saturated rings. The highest BCUT2D eigenvalue weighted by molar-refractivity contribution is 5.98. The van der Waals surface area contributed by atoms with Crippen LogP contribution in [-0.4, -0.2) is 16.5 Å². The first-order valence-corrected chi connectivity index (χ1v) is 6.77. The van der Waals surface area contributed by atoms with Gasteiger partial charge in [0.25, 0.3) is 0 Å². The molecule has 0 amide bonds. The fourth-order valence-corrected chi connectivity index (χ4v) is 1.94. The van der Waals surface area contributed by atoms with E-state index in [0.717, 1.165) is 16.5 Å². The van der Waals surface area contributed by atoms with Crippen LogP contribution in [0.3, 0.4) is 0 Å². The van der Waals surface area contributed by atoms with Crippen LogP contribution >= 0.6 is 0 Å². The van der Waals surface area contributed by atoms with E-state index in [1.165, 1.54) is 6.08 Å². The molecule has 0 aliphatic rings. The Kier molecular flexibility index (Phi) is 3.98. The SMILES string of the molecule is Cn1cc(/C=C/C(=O)OC(=O)C(C)(C)C)c2ccccc21. The molecule has 0 aliphatic carbocycles. The summed E-state index contributed by atoms with van der Waals surface area (Å²) in [4.78, 5) is 23.3. The van der Waals surface area contributed by atoms with Crippen LogP contribution < -0.4 is 0 Å². The molecule has 0 N–H and O–H groups in total.